The molecule has 0 aliphatic carbocycles. The molecule has 0 saturated carbocycles. The van der Waals surface area contributed by atoms with Crippen molar-refractivity contribution in [3.05, 3.63) is 107 Å². The number of halogens is 1. The number of likely N-dealkylation sites (N-methyl/N-ethyl adjacent to an activating group) is 1. The molecule has 0 spiro atoms. The van der Waals surface area contributed by atoms with Crippen molar-refractivity contribution in [2.24, 2.45) is 0 Å². The first kappa shape index (κ1) is 34.0. The van der Waals surface area contributed by atoms with Crippen LogP contribution < -0.4 is 16.0 Å². The van der Waals surface area contributed by atoms with Crippen LogP contribution in [-0.4, -0.2) is 76.1 Å². The first-order valence-electron chi connectivity index (χ1n) is 15.2. The number of amides is 3. The van der Waals surface area contributed by atoms with Crippen LogP contribution in [0.5, 0.6) is 11.5 Å². The number of carbonyl (C=O) groups excluding carboxylic acids is 3. The Morgan fingerprint density at radius 1 is 0.917 bits per heavy atom. The molecule has 3 unspecified atom stereocenters. The second-order valence-electron chi connectivity index (χ2n) is 11.7. The summed E-state index contributed by atoms with van der Waals surface area (Å²) in [6.07, 6.45) is -0.0934. The summed E-state index contributed by atoms with van der Waals surface area (Å²) < 4.78 is 0. The van der Waals surface area contributed by atoms with Gasteiger partial charge in [0, 0.05) is 40.7 Å². The Morgan fingerprint density at radius 3 is 2.17 bits per heavy atom. The molecule has 3 amide bonds. The summed E-state index contributed by atoms with van der Waals surface area (Å²) in [4.78, 5) is 53.1. The number of nitrogens with zero attached hydrogens (tertiary/aromatic N) is 1. The molecule has 48 heavy (non-hydrogen) atoms. The van der Waals surface area contributed by atoms with E-state index in [0.29, 0.717) is 21.7 Å². The van der Waals surface area contributed by atoms with E-state index in [9.17, 15) is 34.5 Å². The van der Waals surface area contributed by atoms with Crippen LogP contribution in [-0.2, 0) is 20.8 Å². The van der Waals surface area contributed by atoms with Crippen LogP contribution in [0.4, 0.5) is 0 Å². The molecule has 4 aromatic rings. The van der Waals surface area contributed by atoms with Gasteiger partial charge in [0.25, 0.3) is 5.91 Å². The van der Waals surface area contributed by atoms with E-state index in [1.54, 1.807) is 54.4 Å². The SMILES string of the molecule is CC(CNC(=O)c1ccc(-c2ccc(Cl)cc2)cc1)N(C)C1C(=O)NCC(=O)NC(C(=O)O)Cc2ccc(O)c(c2)-c2cc1ccc2O. The predicted octanol–water partition coefficient (Wildman–Crippen LogP) is 4.12. The van der Waals surface area contributed by atoms with Crippen LogP contribution in [0, 0.1) is 0 Å². The van der Waals surface area contributed by atoms with Crippen LogP contribution in [0.3, 0.4) is 0 Å². The molecule has 4 bridgehead atoms. The summed E-state index contributed by atoms with van der Waals surface area (Å²) in [5, 5.41) is 39.8. The number of aliphatic carboxylic acids is 1. The standard InChI is InChI=1S/C36H35ClN4O7/c1-20(18-38-34(45)24-6-4-22(5-7-24)23-8-11-26(37)12-9-23)41(2)33-25-10-14-31(43)28(17-25)27-15-21(3-13-30(27)42)16-29(36(47)48)40-32(44)19-39-35(33)46/h3-15,17,20,29,33,42-43H,16,18-19H2,1-2H3,(H,38,45)(H,39,46)(H,40,44)(H,47,48). The molecule has 1 heterocycles. The zero-order valence-corrected chi connectivity index (χ0v) is 27.0. The van der Waals surface area contributed by atoms with Crippen molar-refractivity contribution in [1.29, 1.82) is 0 Å². The molecule has 6 N–H and O–H groups in total. The summed E-state index contributed by atoms with van der Waals surface area (Å²) in [5.41, 5.74) is 3.74. The van der Waals surface area contributed by atoms with Crippen LogP contribution >= 0.6 is 11.6 Å². The maximum Gasteiger partial charge on any atom is 0.326 e. The number of phenols is 2. The Balaban J connectivity index is 1.39. The van der Waals surface area contributed by atoms with E-state index in [4.69, 9.17) is 11.6 Å². The van der Waals surface area contributed by atoms with E-state index < -0.39 is 42.5 Å². The van der Waals surface area contributed by atoms with Gasteiger partial charge in [0.2, 0.25) is 11.8 Å². The molecule has 3 atom stereocenters. The van der Waals surface area contributed by atoms with Crippen molar-refractivity contribution >= 4 is 35.3 Å². The molecule has 0 radical (unpaired) electrons. The number of fused-ring (bicyclic) bond motifs is 5. The lowest BCUT2D eigenvalue weighted by atomic mass is 9.94. The lowest BCUT2D eigenvalue weighted by Crippen LogP contribution is -2.50. The number of aromatic hydroxyl groups is 2. The quantitative estimate of drug-likeness (QED) is 0.171. The van der Waals surface area contributed by atoms with Gasteiger partial charge in [-0.3, -0.25) is 19.3 Å². The maximum absolute atomic E-state index is 13.7. The lowest BCUT2D eigenvalue weighted by Gasteiger charge is -2.33. The summed E-state index contributed by atoms with van der Waals surface area (Å²) in [7, 11) is 1.69. The summed E-state index contributed by atoms with van der Waals surface area (Å²) >= 11 is 5.99. The van der Waals surface area contributed by atoms with Gasteiger partial charge in [-0.15, -0.1) is 0 Å². The predicted molar refractivity (Wildman–Crippen MR) is 181 cm³/mol. The largest absolute Gasteiger partial charge is 0.507 e. The van der Waals surface area contributed by atoms with Crippen LogP contribution in [0.15, 0.2) is 84.9 Å². The van der Waals surface area contributed by atoms with Crippen molar-refractivity contribution in [2.75, 3.05) is 20.1 Å². The minimum Gasteiger partial charge on any atom is -0.507 e. The van der Waals surface area contributed by atoms with E-state index in [0.717, 1.165) is 11.1 Å². The fraction of sp³-hybridized carbons (Fsp3) is 0.222. The zero-order chi connectivity index (χ0) is 34.5. The molecule has 4 aromatic carbocycles. The molecule has 0 aromatic heterocycles. The molecule has 0 saturated heterocycles. The molecule has 5 rings (SSSR count). The molecular weight excluding hydrogens is 636 g/mol. The topological polar surface area (TPSA) is 168 Å². The van der Waals surface area contributed by atoms with Gasteiger partial charge >= 0.3 is 5.97 Å². The molecule has 11 nitrogen and oxygen atoms in total. The Labute approximate surface area is 282 Å². The Morgan fingerprint density at radius 2 is 1.52 bits per heavy atom. The third-order valence-corrected chi connectivity index (χ3v) is 8.67. The van der Waals surface area contributed by atoms with Crippen molar-refractivity contribution in [3.8, 4) is 33.8 Å². The summed E-state index contributed by atoms with van der Waals surface area (Å²) in [5.74, 6) is -3.16. The molecule has 1 aliphatic rings. The average molecular weight is 671 g/mol. The number of benzene rings is 4. The fourth-order valence-electron chi connectivity index (χ4n) is 5.58. The molecule has 0 fully saturated rings. The second-order valence-corrected chi connectivity index (χ2v) is 12.2. The van der Waals surface area contributed by atoms with Gasteiger partial charge in [-0.2, -0.15) is 0 Å². The summed E-state index contributed by atoms with van der Waals surface area (Å²) in [6.45, 7) is 1.51. The first-order valence-corrected chi connectivity index (χ1v) is 15.6. The van der Waals surface area contributed by atoms with Crippen LogP contribution in [0.1, 0.15) is 34.5 Å². The van der Waals surface area contributed by atoms with Crippen LogP contribution in [0.2, 0.25) is 5.02 Å². The molecule has 1 aliphatic heterocycles. The number of carboxylic acids is 1. The van der Waals surface area contributed by atoms with Crippen LogP contribution in [0.25, 0.3) is 22.3 Å². The van der Waals surface area contributed by atoms with E-state index >= 15 is 0 Å². The van der Waals surface area contributed by atoms with Gasteiger partial charge in [0.15, 0.2) is 0 Å². The normalized spacial score (nSPS) is 17.1. The van der Waals surface area contributed by atoms with Gasteiger partial charge in [-0.25, -0.2) is 4.79 Å². The summed E-state index contributed by atoms with van der Waals surface area (Å²) in [6, 6.07) is 20.8. The minimum absolute atomic E-state index is 0.0934. The number of carbonyl (C=O) groups is 4. The molecular formula is C36H35ClN4O7. The number of nitrogens with one attached hydrogen (secondary N) is 3. The molecule has 12 heteroatoms. The van der Waals surface area contributed by atoms with E-state index in [2.05, 4.69) is 16.0 Å². The van der Waals surface area contributed by atoms with Gasteiger partial charge in [-0.05, 0) is 84.8 Å². The van der Waals surface area contributed by atoms with E-state index in [1.165, 1.54) is 18.2 Å². The average Bonchev–Trinajstić information content (AvgIpc) is 3.07. The Kier molecular flexibility index (Phi) is 10.3. The highest BCUT2D eigenvalue weighted by atomic mass is 35.5. The highest BCUT2D eigenvalue weighted by Gasteiger charge is 2.31. The van der Waals surface area contributed by atoms with Crippen molar-refractivity contribution in [1.82, 2.24) is 20.9 Å². The third-order valence-electron chi connectivity index (χ3n) is 8.42. The third kappa shape index (κ3) is 7.76. The fourth-order valence-corrected chi connectivity index (χ4v) is 5.71. The number of carboxylic acid groups (broad SMARTS) is 1. The smallest absolute Gasteiger partial charge is 0.326 e. The second kappa shape index (κ2) is 14.6. The highest BCUT2D eigenvalue weighted by Crippen LogP contribution is 2.39. The number of hydrogen-bond acceptors (Lipinski definition) is 7. The zero-order valence-electron chi connectivity index (χ0n) is 26.2. The number of phenolic OH excluding ortho intramolecular Hbond substituents is 2. The highest BCUT2D eigenvalue weighted by molar-refractivity contribution is 6.30. The van der Waals surface area contributed by atoms with E-state index in [-0.39, 0.29) is 41.5 Å². The Hall–Kier alpha value is -5.39. The Bertz CT molecular complexity index is 1850. The van der Waals surface area contributed by atoms with Gasteiger partial charge in [0.1, 0.15) is 23.6 Å². The number of rotatable bonds is 7. The maximum atomic E-state index is 13.7. The van der Waals surface area contributed by atoms with Gasteiger partial charge in [-0.1, -0.05) is 48.0 Å². The van der Waals surface area contributed by atoms with Crippen molar-refractivity contribution in [3.63, 3.8) is 0 Å². The monoisotopic (exact) mass is 670 g/mol. The lowest BCUT2D eigenvalue weighted by molar-refractivity contribution is -0.141. The van der Waals surface area contributed by atoms with Gasteiger partial charge < -0.3 is 31.3 Å². The van der Waals surface area contributed by atoms with Crippen molar-refractivity contribution in [2.45, 2.75) is 31.5 Å². The molecule has 248 valence electrons. The number of hydrogen-bond donors (Lipinski definition) is 6. The van der Waals surface area contributed by atoms with E-state index in [1.807, 2.05) is 31.2 Å². The van der Waals surface area contributed by atoms with Crippen molar-refractivity contribution < 1.29 is 34.5 Å². The minimum atomic E-state index is -1.30. The van der Waals surface area contributed by atoms with Gasteiger partial charge in [0.05, 0.1) is 6.54 Å². The first-order chi connectivity index (χ1) is 22.9.